The molecular formula is C51H58F4N10O6S2. The fourth-order valence-corrected chi connectivity index (χ4v) is 10.7. The van der Waals surface area contributed by atoms with Crippen LogP contribution in [0.4, 0.5) is 35.0 Å². The number of hydrogen-bond acceptors (Lipinski definition) is 14. The number of benzene rings is 3. The summed E-state index contributed by atoms with van der Waals surface area (Å²) in [5.41, 5.74) is 4.28. The Balaban J connectivity index is 0.841. The first kappa shape index (κ1) is 52.9. The highest BCUT2D eigenvalue weighted by Crippen LogP contribution is 2.42. The number of ether oxygens (including phenoxy) is 1. The molecule has 0 bridgehead atoms. The third-order valence-electron chi connectivity index (χ3n) is 13.3. The van der Waals surface area contributed by atoms with Crippen molar-refractivity contribution in [2.45, 2.75) is 93.7 Å². The van der Waals surface area contributed by atoms with Crippen LogP contribution in [0.15, 0.2) is 78.4 Å². The highest BCUT2D eigenvalue weighted by molar-refractivity contribution is 7.99. The van der Waals surface area contributed by atoms with Crippen LogP contribution in [0.3, 0.4) is 0 Å². The minimum atomic E-state index is -4.64. The maximum Gasteiger partial charge on any atom is 0.421 e. The van der Waals surface area contributed by atoms with Gasteiger partial charge in [0.05, 0.1) is 35.0 Å². The Kier molecular flexibility index (Phi) is 16.0. The summed E-state index contributed by atoms with van der Waals surface area (Å²) >= 11 is 2.96. The van der Waals surface area contributed by atoms with Crippen molar-refractivity contribution in [3.8, 4) is 16.2 Å². The molecule has 73 heavy (non-hydrogen) atoms. The zero-order valence-electron chi connectivity index (χ0n) is 41.0. The number of β-amino-alcohol motifs (C(OH)–C–C–N with tert-alkyl or cyclic N) is 1. The lowest BCUT2D eigenvalue weighted by Gasteiger charge is -2.37. The summed E-state index contributed by atoms with van der Waals surface area (Å²) in [5, 5.41) is 21.7. The Labute approximate surface area is 428 Å². The molecule has 1 aliphatic carbocycles. The number of methoxy groups -OCH3 is 1. The fraction of sp³-hybridized carbons (Fsp3) is 0.431. The van der Waals surface area contributed by atoms with E-state index in [4.69, 9.17) is 4.74 Å². The fourth-order valence-electron chi connectivity index (χ4n) is 8.79. The summed E-state index contributed by atoms with van der Waals surface area (Å²) in [5.74, 6) is -1.83. The van der Waals surface area contributed by atoms with Crippen LogP contribution in [-0.2, 0) is 39.4 Å². The zero-order chi connectivity index (χ0) is 52.2. The molecule has 2 aromatic heterocycles. The number of carbonyl (C=O) groups is 4. The second-order valence-corrected chi connectivity index (χ2v) is 21.5. The number of carbonyl (C=O) groups excluding carboxylic acids is 4. The van der Waals surface area contributed by atoms with E-state index in [9.17, 15) is 37.5 Å². The summed E-state index contributed by atoms with van der Waals surface area (Å²) in [7, 11) is 2.75. The molecular weight excluding hydrogens is 989 g/mol. The van der Waals surface area contributed by atoms with Crippen LogP contribution in [0.2, 0.25) is 0 Å². The van der Waals surface area contributed by atoms with Crippen molar-refractivity contribution in [1.82, 2.24) is 40.3 Å². The zero-order valence-corrected chi connectivity index (χ0v) is 42.6. The number of rotatable bonds is 18. The van der Waals surface area contributed by atoms with E-state index in [0.29, 0.717) is 55.9 Å². The Morgan fingerprint density at radius 3 is 2.27 bits per heavy atom. The number of aryl methyl sites for hydroxylation is 1. The van der Waals surface area contributed by atoms with Crippen LogP contribution >= 0.6 is 23.1 Å². The molecule has 1 saturated carbocycles. The summed E-state index contributed by atoms with van der Waals surface area (Å²) in [6.07, 6.45) is -4.78. The average Bonchev–Trinajstić information content (AvgIpc) is 3.79. The van der Waals surface area contributed by atoms with Crippen molar-refractivity contribution in [2.24, 2.45) is 0 Å². The minimum absolute atomic E-state index is 0.0152. The van der Waals surface area contributed by atoms with E-state index < -0.39 is 63.9 Å². The van der Waals surface area contributed by atoms with Crippen LogP contribution in [-0.4, -0.2) is 134 Å². The van der Waals surface area contributed by atoms with E-state index in [-0.39, 0.29) is 50.0 Å². The van der Waals surface area contributed by atoms with Crippen LogP contribution in [0.1, 0.15) is 71.4 Å². The van der Waals surface area contributed by atoms with Gasteiger partial charge in [0, 0.05) is 81.5 Å². The third kappa shape index (κ3) is 12.5. The second kappa shape index (κ2) is 22.0. The number of nitrogens with one attached hydrogen (secondary N) is 4. The third-order valence-corrected chi connectivity index (χ3v) is 15.8. The van der Waals surface area contributed by atoms with Crippen LogP contribution in [0.5, 0.6) is 5.75 Å². The van der Waals surface area contributed by atoms with Crippen molar-refractivity contribution in [2.75, 3.05) is 57.5 Å². The largest absolute Gasteiger partial charge is 0.495 e. The normalized spacial score (nSPS) is 18.2. The van der Waals surface area contributed by atoms with E-state index in [1.807, 2.05) is 55.5 Å². The monoisotopic (exact) mass is 1050 g/mol. The maximum absolute atomic E-state index is 15.2. The lowest BCUT2D eigenvalue weighted by molar-refractivity contribution is -0.143. The Hall–Kier alpha value is -6.36. The number of likely N-dealkylation sites (tertiary alicyclic amines) is 1. The average molecular weight is 1050 g/mol. The molecule has 4 heterocycles. The van der Waals surface area contributed by atoms with Gasteiger partial charge in [-0.15, -0.1) is 23.1 Å². The van der Waals surface area contributed by atoms with Gasteiger partial charge in [-0.25, -0.2) is 14.4 Å². The summed E-state index contributed by atoms with van der Waals surface area (Å²) in [6.45, 7) is 8.47. The topological polar surface area (TPSA) is 194 Å². The number of aliphatic hydroxyl groups excluding tert-OH is 1. The number of halogens is 4. The van der Waals surface area contributed by atoms with E-state index in [0.717, 1.165) is 32.8 Å². The number of alkyl halides is 4. The smallest absolute Gasteiger partial charge is 0.421 e. The molecule has 4 amide bonds. The lowest BCUT2D eigenvalue weighted by atomic mass is 10.00. The molecule has 8 rings (SSSR count). The number of aromatic nitrogens is 3. The number of amides is 4. The molecule has 5 aromatic rings. The van der Waals surface area contributed by atoms with Gasteiger partial charge in [0.25, 0.3) is 11.8 Å². The quantitative estimate of drug-likeness (QED) is 0.0567. The van der Waals surface area contributed by atoms with Gasteiger partial charge in [0.1, 0.15) is 29.2 Å². The molecule has 3 fully saturated rings. The van der Waals surface area contributed by atoms with Crippen molar-refractivity contribution in [3.63, 3.8) is 0 Å². The van der Waals surface area contributed by atoms with Gasteiger partial charge in [-0.2, -0.15) is 18.2 Å². The highest BCUT2D eigenvalue weighted by atomic mass is 32.2. The number of aliphatic hydroxyl groups is 1. The molecule has 0 radical (unpaired) electrons. The summed E-state index contributed by atoms with van der Waals surface area (Å²) in [6, 6.07) is 18.3. The molecule has 2 saturated heterocycles. The lowest BCUT2D eigenvalue weighted by Crippen LogP contribution is -2.61. The standard InChI is InChI=1S/C51H58F4N10O6S2/c1-30-41(72-29-59-30)34-12-10-31(11-13-34)24-57-44(67)39-23-36(66)27-65(39)46(69)42(61-47(70)50(52)16-17-50)49(2,3)73-28-33-8-6-32(7-9-33)26-63-18-20-64(21-19-63)45(68)35-14-15-38(40(22-35)71-5)60-48-58-25-37(51(53,54)55)43(56-4)62-48/h6-15,22,25,29,36,39,42,66H,16-21,23-24,26-28H2,1-5H3,(H,57,67)(H,61,70)(H2,56,58,60,62)/t36-,39?,42-/m1/s1. The molecule has 5 N–H and O–H groups in total. The summed E-state index contributed by atoms with van der Waals surface area (Å²) in [4.78, 5) is 73.5. The number of piperazine rings is 1. The molecule has 3 atom stereocenters. The molecule has 0 spiro atoms. The van der Waals surface area contributed by atoms with Crippen molar-refractivity contribution < 1.29 is 46.6 Å². The number of thiazole rings is 1. The molecule has 388 valence electrons. The number of nitrogens with zero attached hydrogens (tertiary/aromatic N) is 6. The highest BCUT2D eigenvalue weighted by Gasteiger charge is 2.54. The van der Waals surface area contributed by atoms with Gasteiger partial charge in [-0.1, -0.05) is 48.5 Å². The van der Waals surface area contributed by atoms with Gasteiger partial charge in [-0.3, -0.25) is 24.1 Å². The van der Waals surface area contributed by atoms with Gasteiger partial charge < -0.3 is 40.9 Å². The summed E-state index contributed by atoms with van der Waals surface area (Å²) < 4.78 is 59.7. The van der Waals surface area contributed by atoms with Crippen LogP contribution in [0.25, 0.3) is 10.4 Å². The van der Waals surface area contributed by atoms with E-state index in [1.165, 1.54) is 30.8 Å². The van der Waals surface area contributed by atoms with E-state index >= 15 is 4.39 Å². The SMILES string of the molecule is CNc1nc(Nc2ccc(C(=O)N3CCN(Cc4ccc(CSC(C)(C)[C@H](NC(=O)C5(F)CC5)C(=O)N5C[C@H](O)CC5C(=O)NCc5ccc(-c6scnc6C)cc5)cc4)CC3)cc2OC)ncc1C(F)(F)F. The van der Waals surface area contributed by atoms with Gasteiger partial charge in [-0.05, 0) is 74.1 Å². The Morgan fingerprint density at radius 1 is 0.959 bits per heavy atom. The molecule has 3 aliphatic rings. The molecule has 22 heteroatoms. The number of hydrogen-bond donors (Lipinski definition) is 5. The molecule has 2 aliphatic heterocycles. The maximum atomic E-state index is 15.2. The van der Waals surface area contributed by atoms with Crippen molar-refractivity contribution in [3.05, 3.63) is 112 Å². The van der Waals surface area contributed by atoms with Crippen molar-refractivity contribution >= 4 is 64.2 Å². The van der Waals surface area contributed by atoms with Gasteiger partial charge in [0.2, 0.25) is 17.8 Å². The minimum Gasteiger partial charge on any atom is -0.495 e. The molecule has 16 nitrogen and oxygen atoms in total. The Bertz CT molecular complexity index is 2800. The Morgan fingerprint density at radius 2 is 1.64 bits per heavy atom. The second-order valence-electron chi connectivity index (χ2n) is 19.0. The molecule has 3 aromatic carbocycles. The predicted octanol–water partition coefficient (Wildman–Crippen LogP) is 6.96. The van der Waals surface area contributed by atoms with E-state index in [1.54, 1.807) is 53.8 Å². The first-order chi connectivity index (χ1) is 34.7. The number of thioether (sulfide) groups is 1. The van der Waals surface area contributed by atoms with Gasteiger partial charge in [0.15, 0.2) is 5.67 Å². The number of anilines is 3. The van der Waals surface area contributed by atoms with E-state index in [2.05, 4.69) is 41.1 Å². The first-order valence-corrected chi connectivity index (χ1v) is 25.7. The first-order valence-electron chi connectivity index (χ1n) is 23.8. The predicted molar refractivity (Wildman–Crippen MR) is 271 cm³/mol. The van der Waals surface area contributed by atoms with Crippen LogP contribution < -0.4 is 26.0 Å². The van der Waals surface area contributed by atoms with Crippen LogP contribution in [0, 0.1) is 6.92 Å². The van der Waals surface area contributed by atoms with Crippen molar-refractivity contribution in [1.29, 1.82) is 0 Å². The van der Waals surface area contributed by atoms with Gasteiger partial charge >= 0.3 is 6.18 Å². The molecule has 1 unspecified atom stereocenters.